The number of H-pyrrole nitrogens is 1. The number of ether oxygens (including phenoxy) is 3. The zero-order valence-electron chi connectivity index (χ0n) is 15.9. The second-order valence-electron chi connectivity index (χ2n) is 6.75. The Labute approximate surface area is 167 Å². The molecule has 0 bridgehead atoms. The third-order valence-corrected chi connectivity index (χ3v) is 4.78. The molecular formula is C21H21N3O5. The molecule has 0 radical (unpaired) electrons. The standard InChI is InChI=1S/C21H21N3O5/c1-27-21(26)19-17-11-14(6-9-18(17)23-24-19)22-20(25)13-4-7-15(8-5-13)29-12-16-3-2-10-28-16/h4-9,11,16H,2-3,10,12H2,1H3,(H,22,25)(H,23,24). The number of rotatable bonds is 6. The van der Waals surface area contributed by atoms with E-state index in [2.05, 4.69) is 15.5 Å². The lowest BCUT2D eigenvalue weighted by Crippen LogP contribution is -2.16. The number of nitrogens with one attached hydrogen (secondary N) is 2. The Morgan fingerprint density at radius 2 is 2.07 bits per heavy atom. The number of nitrogens with zero attached hydrogens (tertiary/aromatic N) is 1. The quantitative estimate of drug-likeness (QED) is 0.622. The summed E-state index contributed by atoms with van der Waals surface area (Å²) in [5, 5.41) is 10.1. The SMILES string of the molecule is COC(=O)c1n[nH]c2ccc(NC(=O)c3ccc(OCC4CCCO4)cc3)cc12. The van der Waals surface area contributed by atoms with Gasteiger partial charge in [-0.3, -0.25) is 9.89 Å². The molecule has 1 saturated heterocycles. The second-order valence-corrected chi connectivity index (χ2v) is 6.75. The first-order valence-corrected chi connectivity index (χ1v) is 9.36. The summed E-state index contributed by atoms with van der Waals surface area (Å²) in [6, 6.07) is 12.1. The summed E-state index contributed by atoms with van der Waals surface area (Å²) in [6.45, 7) is 1.30. The van der Waals surface area contributed by atoms with Gasteiger partial charge < -0.3 is 19.5 Å². The molecule has 1 aliphatic heterocycles. The maximum atomic E-state index is 12.6. The van der Waals surface area contributed by atoms with Crippen LogP contribution in [0.15, 0.2) is 42.5 Å². The van der Waals surface area contributed by atoms with Crippen LogP contribution in [0.3, 0.4) is 0 Å². The summed E-state index contributed by atoms with van der Waals surface area (Å²) < 4.78 is 16.0. The predicted molar refractivity (Wildman–Crippen MR) is 106 cm³/mol. The molecule has 1 fully saturated rings. The summed E-state index contributed by atoms with van der Waals surface area (Å²) in [5.41, 5.74) is 1.89. The third kappa shape index (κ3) is 4.22. The first kappa shape index (κ1) is 18.9. The molecule has 1 unspecified atom stereocenters. The molecule has 2 N–H and O–H groups in total. The lowest BCUT2D eigenvalue weighted by atomic mass is 10.1. The Balaban J connectivity index is 1.42. The monoisotopic (exact) mass is 395 g/mol. The van der Waals surface area contributed by atoms with Crippen LogP contribution in [0.4, 0.5) is 5.69 Å². The van der Waals surface area contributed by atoms with Gasteiger partial charge in [-0.15, -0.1) is 0 Å². The van der Waals surface area contributed by atoms with Crippen LogP contribution in [0, 0.1) is 0 Å². The highest BCUT2D eigenvalue weighted by atomic mass is 16.5. The molecule has 0 saturated carbocycles. The summed E-state index contributed by atoms with van der Waals surface area (Å²) in [6.07, 6.45) is 2.23. The number of fused-ring (bicyclic) bond motifs is 1. The molecule has 8 heteroatoms. The van der Waals surface area contributed by atoms with Crippen molar-refractivity contribution in [3.8, 4) is 5.75 Å². The zero-order valence-corrected chi connectivity index (χ0v) is 15.9. The Morgan fingerprint density at radius 3 is 2.79 bits per heavy atom. The minimum atomic E-state index is -0.543. The van der Waals surface area contributed by atoms with Crippen molar-refractivity contribution in [1.29, 1.82) is 0 Å². The van der Waals surface area contributed by atoms with Crippen LogP contribution in [0.25, 0.3) is 10.9 Å². The van der Waals surface area contributed by atoms with Crippen molar-refractivity contribution in [3.63, 3.8) is 0 Å². The summed E-state index contributed by atoms with van der Waals surface area (Å²) in [4.78, 5) is 24.4. The Bertz CT molecular complexity index is 1020. The van der Waals surface area contributed by atoms with E-state index < -0.39 is 5.97 Å². The minimum Gasteiger partial charge on any atom is -0.491 e. The first-order chi connectivity index (χ1) is 14.1. The fourth-order valence-corrected chi connectivity index (χ4v) is 3.21. The number of amides is 1. The number of anilines is 1. The second kappa shape index (κ2) is 8.32. The number of carbonyl (C=O) groups excluding carboxylic acids is 2. The van der Waals surface area contributed by atoms with E-state index in [1.165, 1.54) is 7.11 Å². The fourth-order valence-electron chi connectivity index (χ4n) is 3.21. The summed E-state index contributed by atoms with van der Waals surface area (Å²) in [5.74, 6) is -0.115. The van der Waals surface area contributed by atoms with E-state index >= 15 is 0 Å². The highest BCUT2D eigenvalue weighted by Gasteiger charge is 2.17. The van der Waals surface area contributed by atoms with Crippen LogP contribution in [0.2, 0.25) is 0 Å². The fraction of sp³-hybridized carbons (Fsp3) is 0.286. The number of benzene rings is 2. The molecule has 3 aromatic rings. The maximum Gasteiger partial charge on any atom is 0.359 e. The van der Waals surface area contributed by atoms with Gasteiger partial charge in [-0.05, 0) is 55.3 Å². The molecular weight excluding hydrogens is 374 g/mol. The van der Waals surface area contributed by atoms with Crippen LogP contribution in [0.5, 0.6) is 5.75 Å². The van der Waals surface area contributed by atoms with Gasteiger partial charge in [0.1, 0.15) is 12.4 Å². The zero-order chi connectivity index (χ0) is 20.2. The lowest BCUT2D eigenvalue weighted by Gasteiger charge is -2.12. The van der Waals surface area contributed by atoms with Gasteiger partial charge in [0.25, 0.3) is 5.91 Å². The average molecular weight is 395 g/mol. The molecule has 1 aromatic heterocycles. The molecule has 4 rings (SSSR count). The Morgan fingerprint density at radius 1 is 1.24 bits per heavy atom. The van der Waals surface area contributed by atoms with Crippen molar-refractivity contribution in [2.45, 2.75) is 18.9 Å². The van der Waals surface area contributed by atoms with Gasteiger partial charge in [0.2, 0.25) is 0 Å². The van der Waals surface area contributed by atoms with E-state index in [9.17, 15) is 9.59 Å². The van der Waals surface area contributed by atoms with Crippen LogP contribution in [0.1, 0.15) is 33.7 Å². The summed E-state index contributed by atoms with van der Waals surface area (Å²) >= 11 is 0. The Kier molecular flexibility index (Phi) is 5.44. The van der Waals surface area contributed by atoms with Gasteiger partial charge in [-0.25, -0.2) is 4.79 Å². The van der Waals surface area contributed by atoms with Crippen molar-refractivity contribution in [3.05, 3.63) is 53.7 Å². The van der Waals surface area contributed by atoms with E-state index in [1.807, 2.05) is 0 Å². The normalized spacial score (nSPS) is 16.0. The van der Waals surface area contributed by atoms with Gasteiger partial charge in [0, 0.05) is 23.2 Å². The number of aromatic amines is 1. The molecule has 1 aliphatic rings. The Hall–Kier alpha value is -3.39. The number of esters is 1. The first-order valence-electron chi connectivity index (χ1n) is 9.36. The largest absolute Gasteiger partial charge is 0.491 e. The highest BCUT2D eigenvalue weighted by molar-refractivity contribution is 6.07. The van der Waals surface area contributed by atoms with E-state index in [4.69, 9.17) is 14.2 Å². The van der Waals surface area contributed by atoms with Crippen molar-refractivity contribution < 1.29 is 23.8 Å². The number of hydrogen-bond donors (Lipinski definition) is 2. The molecule has 0 spiro atoms. The van der Waals surface area contributed by atoms with Gasteiger partial charge in [0.05, 0.1) is 18.7 Å². The van der Waals surface area contributed by atoms with Crippen molar-refractivity contribution in [2.75, 3.05) is 25.6 Å². The molecule has 2 heterocycles. The van der Waals surface area contributed by atoms with E-state index in [-0.39, 0.29) is 17.7 Å². The van der Waals surface area contributed by atoms with Crippen LogP contribution < -0.4 is 10.1 Å². The average Bonchev–Trinajstić information content (AvgIpc) is 3.41. The van der Waals surface area contributed by atoms with Crippen molar-refractivity contribution in [1.82, 2.24) is 10.2 Å². The van der Waals surface area contributed by atoms with Gasteiger partial charge in [-0.2, -0.15) is 5.10 Å². The molecule has 1 atom stereocenters. The number of carbonyl (C=O) groups is 2. The molecule has 8 nitrogen and oxygen atoms in total. The predicted octanol–water partition coefficient (Wildman–Crippen LogP) is 3.16. The number of methoxy groups -OCH3 is 1. The topological polar surface area (TPSA) is 103 Å². The maximum absolute atomic E-state index is 12.6. The van der Waals surface area contributed by atoms with Crippen LogP contribution >= 0.6 is 0 Å². The minimum absolute atomic E-state index is 0.144. The van der Waals surface area contributed by atoms with E-state index in [1.54, 1.807) is 42.5 Å². The molecule has 1 amide bonds. The molecule has 150 valence electrons. The van der Waals surface area contributed by atoms with Crippen LogP contribution in [-0.2, 0) is 9.47 Å². The summed E-state index contributed by atoms with van der Waals surface area (Å²) in [7, 11) is 1.29. The van der Waals surface area contributed by atoms with E-state index in [0.29, 0.717) is 34.5 Å². The van der Waals surface area contributed by atoms with Gasteiger partial charge >= 0.3 is 5.97 Å². The lowest BCUT2D eigenvalue weighted by molar-refractivity contribution is 0.0596. The van der Waals surface area contributed by atoms with E-state index in [0.717, 1.165) is 19.4 Å². The van der Waals surface area contributed by atoms with Crippen molar-refractivity contribution >= 4 is 28.5 Å². The number of hydrogen-bond acceptors (Lipinski definition) is 6. The van der Waals surface area contributed by atoms with Crippen LogP contribution in [-0.4, -0.2) is 48.5 Å². The molecule has 2 aromatic carbocycles. The number of aromatic nitrogens is 2. The highest BCUT2D eigenvalue weighted by Crippen LogP contribution is 2.22. The molecule has 29 heavy (non-hydrogen) atoms. The van der Waals surface area contributed by atoms with Crippen molar-refractivity contribution in [2.24, 2.45) is 0 Å². The van der Waals surface area contributed by atoms with Gasteiger partial charge in [-0.1, -0.05) is 0 Å². The molecule has 0 aliphatic carbocycles. The third-order valence-electron chi connectivity index (χ3n) is 4.78. The van der Waals surface area contributed by atoms with Gasteiger partial charge in [0.15, 0.2) is 5.69 Å². The smallest absolute Gasteiger partial charge is 0.359 e.